The zero-order valence-corrected chi connectivity index (χ0v) is 9.54. The van der Waals surface area contributed by atoms with Gasteiger partial charge in [0.2, 0.25) is 5.06 Å². The van der Waals surface area contributed by atoms with E-state index in [1.54, 1.807) is 0 Å². The Kier molecular flexibility index (Phi) is 6.55. The second kappa shape index (κ2) is 6.59. The Labute approximate surface area is 95.9 Å². The number of halogens is 6. The van der Waals surface area contributed by atoms with Crippen LogP contribution in [0.15, 0.2) is 0 Å². The van der Waals surface area contributed by atoms with Crippen molar-refractivity contribution in [3.63, 3.8) is 0 Å². The smallest absolute Gasteiger partial charge is 0.291 e. The van der Waals surface area contributed by atoms with Crippen LogP contribution >= 0.6 is 11.6 Å². The highest BCUT2D eigenvalue weighted by Crippen LogP contribution is 2.42. The molecule has 0 aromatic heterocycles. The fourth-order valence-electron chi connectivity index (χ4n) is 1.19. The Morgan fingerprint density at radius 1 is 1.12 bits per heavy atom. The molecule has 0 aliphatic rings. The van der Waals surface area contributed by atoms with Crippen molar-refractivity contribution in [2.75, 3.05) is 0 Å². The summed E-state index contributed by atoms with van der Waals surface area (Å²) in [6.07, 6.45) is -3.49. The summed E-state index contributed by atoms with van der Waals surface area (Å²) in [5, 5.41) is -3.27. The minimum atomic E-state index is -5.00. The molecule has 1 nitrogen and oxygen atoms in total. The summed E-state index contributed by atoms with van der Waals surface area (Å²) in [6, 6.07) is 0. The van der Waals surface area contributed by atoms with Gasteiger partial charge in [-0.05, 0) is 12.8 Å². The van der Waals surface area contributed by atoms with Crippen LogP contribution in [0.5, 0.6) is 0 Å². The fraction of sp³-hybridized carbons (Fsp3) is 1.00. The molecule has 0 saturated heterocycles. The van der Waals surface area contributed by atoms with E-state index in [-0.39, 0.29) is 6.42 Å². The fourth-order valence-corrected chi connectivity index (χ4v) is 1.39. The molecule has 0 bridgehead atoms. The van der Waals surface area contributed by atoms with Crippen LogP contribution in [-0.4, -0.2) is 17.8 Å². The van der Waals surface area contributed by atoms with Crippen molar-refractivity contribution in [3.8, 4) is 0 Å². The van der Waals surface area contributed by atoms with Crippen LogP contribution in [0.2, 0.25) is 0 Å². The third kappa shape index (κ3) is 5.30. The Bertz CT molecular complexity index is 197. The lowest BCUT2D eigenvalue weighted by Crippen LogP contribution is -2.43. The third-order valence-electron chi connectivity index (χ3n) is 2.05. The lowest BCUT2D eigenvalue weighted by molar-refractivity contribution is -0.295. The van der Waals surface area contributed by atoms with Gasteiger partial charge in [-0.25, -0.2) is 0 Å². The molecule has 0 amide bonds. The summed E-state index contributed by atoms with van der Waals surface area (Å²) >= 11 is 5.06. The van der Waals surface area contributed by atoms with Crippen molar-refractivity contribution in [1.29, 1.82) is 0 Å². The molecule has 0 aliphatic heterocycles. The van der Waals surface area contributed by atoms with Gasteiger partial charge in [-0.2, -0.15) is 22.0 Å². The molecule has 1 atom stereocenters. The monoisotopic (exact) mass is 268 g/mol. The Morgan fingerprint density at radius 3 is 2.06 bits per heavy atom. The zero-order valence-electron chi connectivity index (χ0n) is 8.79. The van der Waals surface area contributed by atoms with Crippen molar-refractivity contribution in [1.82, 2.24) is 0 Å². The van der Waals surface area contributed by atoms with Gasteiger partial charge >= 0.3 is 12.8 Å². The van der Waals surface area contributed by atoms with Crippen LogP contribution in [0.3, 0.4) is 0 Å². The third-order valence-corrected chi connectivity index (χ3v) is 2.54. The first-order chi connectivity index (χ1) is 7.23. The molecule has 16 heavy (non-hydrogen) atoms. The SMILES string of the molecule is CCCCCCC(Cl)(OC(F)F)C(F)(F)F. The van der Waals surface area contributed by atoms with Gasteiger partial charge in [0.25, 0.3) is 0 Å². The lowest BCUT2D eigenvalue weighted by Gasteiger charge is -2.29. The topological polar surface area (TPSA) is 9.23 Å². The molecule has 0 radical (unpaired) electrons. The van der Waals surface area contributed by atoms with Crippen molar-refractivity contribution in [2.45, 2.75) is 56.9 Å². The maximum Gasteiger partial charge on any atom is 0.431 e. The molecule has 0 fully saturated rings. The summed E-state index contributed by atoms with van der Waals surface area (Å²) < 4.78 is 64.3. The molecule has 0 N–H and O–H groups in total. The van der Waals surface area contributed by atoms with Crippen LogP contribution in [0, 0.1) is 0 Å². The van der Waals surface area contributed by atoms with Crippen molar-refractivity contribution in [2.24, 2.45) is 0 Å². The van der Waals surface area contributed by atoms with E-state index in [2.05, 4.69) is 4.74 Å². The van der Waals surface area contributed by atoms with Crippen molar-refractivity contribution in [3.05, 3.63) is 0 Å². The molecule has 0 spiro atoms. The van der Waals surface area contributed by atoms with E-state index in [0.29, 0.717) is 6.42 Å². The number of hydrogen-bond acceptors (Lipinski definition) is 1. The zero-order chi connectivity index (χ0) is 12.8. The Hall–Kier alpha value is -0.100. The first-order valence-electron chi connectivity index (χ1n) is 4.94. The van der Waals surface area contributed by atoms with E-state index < -0.39 is 24.3 Å². The number of hydrogen-bond donors (Lipinski definition) is 0. The summed E-state index contributed by atoms with van der Waals surface area (Å²) in [5.41, 5.74) is 0. The van der Waals surface area contributed by atoms with Gasteiger partial charge in [0, 0.05) is 0 Å². The molecule has 98 valence electrons. The van der Waals surface area contributed by atoms with E-state index >= 15 is 0 Å². The lowest BCUT2D eigenvalue weighted by atomic mass is 10.1. The number of ether oxygens (including phenoxy) is 1. The highest BCUT2D eigenvalue weighted by Gasteiger charge is 2.56. The van der Waals surface area contributed by atoms with E-state index in [1.165, 1.54) is 0 Å². The minimum Gasteiger partial charge on any atom is -0.291 e. The van der Waals surface area contributed by atoms with Gasteiger partial charge in [-0.3, -0.25) is 4.74 Å². The standard InChI is InChI=1S/C9H14ClF5O/c1-2-3-4-5-6-8(10,9(13,14)15)16-7(11)12/h7H,2-6H2,1H3. The van der Waals surface area contributed by atoms with Gasteiger partial charge in [0.1, 0.15) is 0 Å². The second-order valence-corrected chi connectivity index (χ2v) is 4.03. The van der Waals surface area contributed by atoms with Gasteiger partial charge in [0.05, 0.1) is 0 Å². The van der Waals surface area contributed by atoms with Gasteiger partial charge in [-0.15, -0.1) is 0 Å². The predicted molar refractivity (Wildman–Crippen MR) is 50.5 cm³/mol. The number of rotatable bonds is 7. The predicted octanol–water partition coefficient (Wildman–Crippen LogP) is 4.69. The highest BCUT2D eigenvalue weighted by atomic mass is 35.5. The van der Waals surface area contributed by atoms with E-state index in [1.807, 2.05) is 6.92 Å². The second-order valence-electron chi connectivity index (χ2n) is 3.42. The van der Waals surface area contributed by atoms with Crippen LogP contribution in [0.25, 0.3) is 0 Å². The maximum absolute atomic E-state index is 12.4. The molecule has 7 heteroatoms. The first-order valence-corrected chi connectivity index (χ1v) is 5.32. The summed E-state index contributed by atoms with van der Waals surface area (Å²) in [5.74, 6) is 0. The van der Waals surface area contributed by atoms with Gasteiger partial charge < -0.3 is 0 Å². The molecular weight excluding hydrogens is 255 g/mol. The molecule has 0 saturated carbocycles. The van der Waals surface area contributed by atoms with Crippen molar-refractivity contribution < 1.29 is 26.7 Å². The van der Waals surface area contributed by atoms with Crippen molar-refractivity contribution >= 4 is 11.6 Å². The van der Waals surface area contributed by atoms with Crippen LogP contribution < -0.4 is 0 Å². The Balaban J connectivity index is 4.32. The molecule has 0 aromatic carbocycles. The Morgan fingerprint density at radius 2 is 1.69 bits per heavy atom. The van der Waals surface area contributed by atoms with Crippen LogP contribution in [-0.2, 0) is 4.74 Å². The summed E-state index contributed by atoms with van der Waals surface area (Å²) in [6.45, 7) is -1.65. The van der Waals surface area contributed by atoms with E-state index in [0.717, 1.165) is 12.8 Å². The number of alkyl halides is 6. The largest absolute Gasteiger partial charge is 0.431 e. The molecule has 0 aliphatic carbocycles. The maximum atomic E-state index is 12.4. The molecule has 0 heterocycles. The highest BCUT2D eigenvalue weighted by molar-refractivity contribution is 6.23. The van der Waals surface area contributed by atoms with Gasteiger partial charge in [0.15, 0.2) is 0 Å². The van der Waals surface area contributed by atoms with Gasteiger partial charge in [-0.1, -0.05) is 37.8 Å². The number of unbranched alkanes of at least 4 members (excludes halogenated alkanes) is 3. The van der Waals surface area contributed by atoms with Crippen LogP contribution in [0.4, 0.5) is 22.0 Å². The molecule has 1 unspecified atom stereocenters. The quantitative estimate of drug-likeness (QED) is 0.370. The minimum absolute atomic E-state index is 0.101. The normalized spacial score (nSPS) is 16.5. The van der Waals surface area contributed by atoms with Crippen LogP contribution in [0.1, 0.15) is 39.0 Å². The summed E-state index contributed by atoms with van der Waals surface area (Å²) in [7, 11) is 0. The molecule has 0 rings (SSSR count). The van der Waals surface area contributed by atoms with E-state index in [4.69, 9.17) is 11.6 Å². The molecule has 0 aromatic rings. The average molecular weight is 269 g/mol. The average Bonchev–Trinajstić information content (AvgIpc) is 2.09. The molecular formula is C9H14ClF5O. The first kappa shape index (κ1) is 15.9. The van der Waals surface area contributed by atoms with E-state index in [9.17, 15) is 22.0 Å². The summed E-state index contributed by atoms with van der Waals surface area (Å²) in [4.78, 5) is 0.